The van der Waals surface area contributed by atoms with E-state index < -0.39 is 5.97 Å². The maximum Gasteiger partial charge on any atom is 0.313 e. The van der Waals surface area contributed by atoms with Crippen molar-refractivity contribution in [2.24, 2.45) is 0 Å². The van der Waals surface area contributed by atoms with Crippen molar-refractivity contribution in [1.82, 2.24) is 0 Å². The Kier molecular flexibility index (Phi) is 3.85. The Labute approximate surface area is 76.0 Å². The average Bonchev–Trinajstić information content (AvgIpc) is 2.51. The molecule has 0 spiro atoms. The second-order valence-electron chi connectivity index (χ2n) is 2.84. The summed E-state index contributed by atoms with van der Waals surface area (Å²) in [6, 6.07) is 0. The Morgan fingerprint density at radius 3 is 2.85 bits per heavy atom. The Balaban J connectivity index is 2.10. The number of hydrogen-bond donors (Lipinski definition) is 0. The van der Waals surface area contributed by atoms with E-state index in [1.807, 2.05) is 0 Å². The molecule has 0 aromatic rings. The highest BCUT2D eigenvalue weighted by Gasteiger charge is 2.18. The van der Waals surface area contributed by atoms with Crippen LogP contribution in [0.1, 0.15) is 13.3 Å². The van der Waals surface area contributed by atoms with Gasteiger partial charge in [0.2, 0.25) is 0 Å². The highest BCUT2D eigenvalue weighted by atomic mass is 16.7. The van der Waals surface area contributed by atoms with Crippen LogP contribution in [0.4, 0.5) is 0 Å². The first-order chi connectivity index (χ1) is 6.18. The Morgan fingerprint density at radius 2 is 2.31 bits per heavy atom. The molecule has 0 aliphatic carbocycles. The topological polar surface area (TPSA) is 61.8 Å². The van der Waals surface area contributed by atoms with E-state index in [0.29, 0.717) is 6.61 Å². The molecule has 74 valence electrons. The summed E-state index contributed by atoms with van der Waals surface area (Å²) in [4.78, 5) is 21.4. The number of carbonyl (C=O) groups excluding carboxylic acids is 2. The third-order valence-corrected chi connectivity index (χ3v) is 1.51. The number of rotatable bonds is 4. The zero-order valence-electron chi connectivity index (χ0n) is 7.45. The van der Waals surface area contributed by atoms with Gasteiger partial charge in [-0.2, -0.15) is 0 Å². The molecule has 0 bridgehead atoms. The molecule has 1 heterocycles. The van der Waals surface area contributed by atoms with Crippen molar-refractivity contribution in [2.75, 3.05) is 20.0 Å². The van der Waals surface area contributed by atoms with Gasteiger partial charge in [-0.05, 0) is 6.92 Å². The van der Waals surface area contributed by atoms with Crippen molar-refractivity contribution in [3.63, 3.8) is 0 Å². The number of esters is 1. The minimum absolute atomic E-state index is 0.159. The molecular formula is C8H12O5. The van der Waals surface area contributed by atoms with Crippen molar-refractivity contribution in [3.05, 3.63) is 0 Å². The lowest BCUT2D eigenvalue weighted by molar-refractivity contribution is -0.148. The van der Waals surface area contributed by atoms with E-state index in [1.165, 1.54) is 6.92 Å². The average molecular weight is 188 g/mol. The molecule has 1 aliphatic rings. The first kappa shape index (κ1) is 10.1. The lowest BCUT2D eigenvalue weighted by Gasteiger charge is -2.07. The van der Waals surface area contributed by atoms with Gasteiger partial charge in [-0.25, -0.2) is 0 Å². The van der Waals surface area contributed by atoms with E-state index in [4.69, 9.17) is 14.2 Å². The largest absolute Gasteiger partial charge is 0.462 e. The van der Waals surface area contributed by atoms with Crippen LogP contribution in [0, 0.1) is 0 Å². The lowest BCUT2D eigenvalue weighted by Crippen LogP contribution is -2.21. The fourth-order valence-corrected chi connectivity index (χ4v) is 0.908. The van der Waals surface area contributed by atoms with Crippen LogP contribution in [0.2, 0.25) is 0 Å². The van der Waals surface area contributed by atoms with Crippen LogP contribution in [0.15, 0.2) is 0 Å². The summed E-state index contributed by atoms with van der Waals surface area (Å²) in [7, 11) is 0. The summed E-state index contributed by atoms with van der Waals surface area (Å²) in [6.07, 6.45) is -0.357. The molecule has 0 aromatic carbocycles. The van der Waals surface area contributed by atoms with Gasteiger partial charge < -0.3 is 14.2 Å². The second-order valence-corrected chi connectivity index (χ2v) is 2.84. The summed E-state index contributed by atoms with van der Waals surface area (Å²) < 4.78 is 14.7. The summed E-state index contributed by atoms with van der Waals surface area (Å²) in [5, 5.41) is 0. The number of Topliss-reactive ketones (excluding diaryl/α,β-unsaturated/α-hetero) is 1. The third kappa shape index (κ3) is 4.00. The molecule has 0 amide bonds. The van der Waals surface area contributed by atoms with Gasteiger partial charge in [0.25, 0.3) is 0 Å². The van der Waals surface area contributed by atoms with Crippen molar-refractivity contribution < 1.29 is 23.8 Å². The van der Waals surface area contributed by atoms with Gasteiger partial charge in [0.1, 0.15) is 31.7 Å². The maximum absolute atomic E-state index is 10.9. The molecule has 1 fully saturated rings. The minimum Gasteiger partial charge on any atom is -0.462 e. The molecule has 5 heteroatoms. The summed E-state index contributed by atoms with van der Waals surface area (Å²) in [5.74, 6) is -0.711. The molecule has 1 aliphatic heterocycles. The van der Waals surface area contributed by atoms with Gasteiger partial charge in [0.05, 0.1) is 6.61 Å². The zero-order chi connectivity index (χ0) is 9.68. The van der Waals surface area contributed by atoms with Crippen LogP contribution in [0.3, 0.4) is 0 Å². The van der Waals surface area contributed by atoms with Gasteiger partial charge in [0, 0.05) is 0 Å². The SMILES string of the molecule is CC(=O)CC(=O)OC[C@H]1COCO1. The maximum atomic E-state index is 10.9. The normalized spacial score (nSPS) is 21.5. The van der Waals surface area contributed by atoms with Crippen LogP contribution in [-0.2, 0) is 23.8 Å². The fraction of sp³-hybridized carbons (Fsp3) is 0.750. The predicted octanol–water partition coefficient (Wildman–Crippen LogP) is -0.118. The molecule has 13 heavy (non-hydrogen) atoms. The fourth-order valence-electron chi connectivity index (χ4n) is 0.908. The number of ketones is 1. The van der Waals surface area contributed by atoms with E-state index in [0.717, 1.165) is 0 Å². The molecule has 0 radical (unpaired) electrons. The highest BCUT2D eigenvalue weighted by molar-refractivity contribution is 5.94. The molecule has 0 saturated carbocycles. The highest BCUT2D eigenvalue weighted by Crippen LogP contribution is 2.03. The zero-order valence-corrected chi connectivity index (χ0v) is 7.45. The molecule has 0 aromatic heterocycles. The predicted molar refractivity (Wildman–Crippen MR) is 41.9 cm³/mol. The van der Waals surface area contributed by atoms with Crippen molar-refractivity contribution >= 4 is 11.8 Å². The van der Waals surface area contributed by atoms with Gasteiger partial charge in [-0.1, -0.05) is 0 Å². The van der Waals surface area contributed by atoms with Crippen molar-refractivity contribution in [2.45, 2.75) is 19.4 Å². The van der Waals surface area contributed by atoms with Gasteiger partial charge >= 0.3 is 5.97 Å². The van der Waals surface area contributed by atoms with Crippen LogP contribution in [0.5, 0.6) is 0 Å². The molecule has 1 atom stereocenters. The quantitative estimate of drug-likeness (QED) is 0.454. The molecule has 1 rings (SSSR count). The molecule has 5 nitrogen and oxygen atoms in total. The Morgan fingerprint density at radius 1 is 1.54 bits per heavy atom. The van der Waals surface area contributed by atoms with Crippen LogP contribution < -0.4 is 0 Å². The first-order valence-electron chi connectivity index (χ1n) is 4.03. The third-order valence-electron chi connectivity index (χ3n) is 1.51. The molecule has 0 unspecified atom stereocenters. The van der Waals surface area contributed by atoms with Gasteiger partial charge in [-0.15, -0.1) is 0 Å². The minimum atomic E-state index is -0.511. The van der Waals surface area contributed by atoms with E-state index in [-0.39, 0.29) is 31.7 Å². The van der Waals surface area contributed by atoms with Crippen LogP contribution in [0.25, 0.3) is 0 Å². The smallest absolute Gasteiger partial charge is 0.313 e. The standard InChI is InChI=1S/C8H12O5/c1-6(9)2-8(10)12-4-7-3-11-5-13-7/h7H,2-5H2,1H3/t7-/m1/s1. The van der Waals surface area contributed by atoms with E-state index >= 15 is 0 Å². The van der Waals surface area contributed by atoms with E-state index in [1.54, 1.807) is 0 Å². The summed E-state index contributed by atoms with van der Waals surface area (Å²) >= 11 is 0. The number of hydrogen-bond acceptors (Lipinski definition) is 5. The number of ether oxygens (including phenoxy) is 3. The number of carbonyl (C=O) groups is 2. The van der Waals surface area contributed by atoms with E-state index in [2.05, 4.69) is 0 Å². The van der Waals surface area contributed by atoms with Gasteiger partial charge in [0.15, 0.2) is 0 Å². The monoisotopic (exact) mass is 188 g/mol. The molecule has 1 saturated heterocycles. The van der Waals surface area contributed by atoms with Crippen LogP contribution >= 0.6 is 0 Å². The molecular weight excluding hydrogens is 176 g/mol. The summed E-state index contributed by atoms with van der Waals surface area (Å²) in [5.41, 5.74) is 0. The van der Waals surface area contributed by atoms with Crippen LogP contribution in [-0.4, -0.2) is 37.9 Å². The summed E-state index contributed by atoms with van der Waals surface area (Å²) in [6.45, 7) is 2.19. The van der Waals surface area contributed by atoms with Crippen molar-refractivity contribution in [3.8, 4) is 0 Å². The van der Waals surface area contributed by atoms with Gasteiger partial charge in [-0.3, -0.25) is 9.59 Å². The second kappa shape index (κ2) is 4.94. The van der Waals surface area contributed by atoms with Crippen molar-refractivity contribution in [1.29, 1.82) is 0 Å². The van der Waals surface area contributed by atoms with E-state index in [9.17, 15) is 9.59 Å². The molecule has 0 N–H and O–H groups in total. The lowest BCUT2D eigenvalue weighted by atomic mass is 10.3. The Bertz CT molecular complexity index is 195. The Hall–Kier alpha value is -0.940. The first-order valence-corrected chi connectivity index (χ1v) is 4.03.